The van der Waals surface area contributed by atoms with E-state index in [1.807, 2.05) is 61.7 Å². The third kappa shape index (κ3) is 4.53. The van der Waals surface area contributed by atoms with Crippen molar-refractivity contribution in [2.75, 3.05) is 35.6 Å². The lowest BCUT2D eigenvalue weighted by molar-refractivity contribution is 0.271. The van der Waals surface area contributed by atoms with Gasteiger partial charge in [0.1, 0.15) is 5.82 Å². The van der Waals surface area contributed by atoms with Crippen molar-refractivity contribution in [3.8, 4) is 0 Å². The largest absolute Gasteiger partial charge is 0.388 e. The molecule has 4 N–H and O–H groups in total. The second-order valence-corrected chi connectivity index (χ2v) is 5.62. The van der Waals surface area contributed by atoms with Crippen molar-refractivity contribution in [3.05, 3.63) is 66.9 Å². The number of rotatable bonds is 8. The third-order valence-electron chi connectivity index (χ3n) is 3.86. The zero-order chi connectivity index (χ0) is 19.1. The lowest BCUT2D eigenvalue weighted by Crippen LogP contribution is -2.02. The van der Waals surface area contributed by atoms with Crippen molar-refractivity contribution in [1.29, 1.82) is 0 Å². The minimum absolute atomic E-state index is 0.498. The Hall–Kier alpha value is -3.58. The van der Waals surface area contributed by atoms with Crippen LogP contribution in [0.25, 0.3) is 6.08 Å². The molecule has 0 fully saturated rings. The van der Waals surface area contributed by atoms with E-state index in [9.17, 15) is 0 Å². The summed E-state index contributed by atoms with van der Waals surface area (Å²) in [5, 5.41) is 9.67. The molecule has 27 heavy (non-hydrogen) atoms. The maximum Gasteiger partial charge on any atom is 0.229 e. The molecular weight excluding hydrogens is 340 g/mol. The molecule has 0 aliphatic carbocycles. The first-order chi connectivity index (χ1) is 13.2. The molecule has 3 rings (SSSR count). The van der Waals surface area contributed by atoms with E-state index in [0.717, 1.165) is 28.3 Å². The summed E-state index contributed by atoms with van der Waals surface area (Å²) in [6, 6.07) is 15.4. The molecule has 1 heterocycles. The minimum atomic E-state index is 0.498. The first-order valence-electron chi connectivity index (χ1n) is 8.43. The van der Waals surface area contributed by atoms with E-state index in [0.29, 0.717) is 11.8 Å². The molecule has 0 aliphatic heterocycles. The van der Waals surface area contributed by atoms with Crippen molar-refractivity contribution in [2.24, 2.45) is 0 Å². The van der Waals surface area contributed by atoms with Crippen LogP contribution < -0.4 is 21.4 Å². The standard InChI is InChI=1S/C20H22N6O/c1-4-16-17(21-2)6-5-7-18(16)24-19-12-13-22-20(25-19)23-14-8-10-15(11-9-14)26-27-3/h4-13,21,26H,1H2,2-3H3,(H2,22,23,24,25). The maximum atomic E-state index is 4.88. The quantitative estimate of drug-likeness (QED) is 0.435. The second-order valence-electron chi connectivity index (χ2n) is 5.62. The summed E-state index contributed by atoms with van der Waals surface area (Å²) in [4.78, 5) is 13.7. The van der Waals surface area contributed by atoms with E-state index < -0.39 is 0 Å². The summed E-state index contributed by atoms with van der Waals surface area (Å²) >= 11 is 0. The monoisotopic (exact) mass is 362 g/mol. The van der Waals surface area contributed by atoms with Gasteiger partial charge in [0, 0.05) is 35.9 Å². The summed E-state index contributed by atoms with van der Waals surface area (Å²) in [7, 11) is 3.45. The highest BCUT2D eigenvalue weighted by molar-refractivity contribution is 5.79. The molecule has 7 nitrogen and oxygen atoms in total. The van der Waals surface area contributed by atoms with Gasteiger partial charge < -0.3 is 16.0 Å². The highest BCUT2D eigenvalue weighted by Gasteiger charge is 2.06. The van der Waals surface area contributed by atoms with Gasteiger partial charge in [0.25, 0.3) is 0 Å². The van der Waals surface area contributed by atoms with Gasteiger partial charge in [0.2, 0.25) is 5.95 Å². The maximum absolute atomic E-state index is 4.88. The van der Waals surface area contributed by atoms with E-state index >= 15 is 0 Å². The molecule has 138 valence electrons. The number of aromatic nitrogens is 2. The van der Waals surface area contributed by atoms with Crippen LogP contribution in [0.4, 0.5) is 34.5 Å². The zero-order valence-corrected chi connectivity index (χ0v) is 15.3. The Labute approximate surface area is 158 Å². The first-order valence-corrected chi connectivity index (χ1v) is 8.43. The van der Waals surface area contributed by atoms with Gasteiger partial charge in [-0.25, -0.2) is 4.98 Å². The van der Waals surface area contributed by atoms with E-state index in [-0.39, 0.29) is 0 Å². The predicted octanol–water partition coefficient (Wildman–Crippen LogP) is 4.62. The van der Waals surface area contributed by atoms with E-state index in [1.54, 1.807) is 13.3 Å². The Balaban J connectivity index is 1.77. The molecule has 0 spiro atoms. The lowest BCUT2D eigenvalue weighted by Gasteiger charge is -2.13. The van der Waals surface area contributed by atoms with Gasteiger partial charge in [-0.1, -0.05) is 18.7 Å². The van der Waals surface area contributed by atoms with Crippen LogP contribution in [0.3, 0.4) is 0 Å². The summed E-state index contributed by atoms with van der Waals surface area (Å²) in [5.74, 6) is 1.18. The minimum Gasteiger partial charge on any atom is -0.388 e. The predicted molar refractivity (Wildman–Crippen MR) is 112 cm³/mol. The molecule has 0 atom stereocenters. The number of benzene rings is 2. The molecule has 0 amide bonds. The average Bonchev–Trinajstić information content (AvgIpc) is 2.70. The molecule has 0 bridgehead atoms. The lowest BCUT2D eigenvalue weighted by atomic mass is 10.1. The van der Waals surface area contributed by atoms with Gasteiger partial charge in [-0.3, -0.25) is 10.3 Å². The molecule has 0 aliphatic rings. The molecule has 1 aromatic heterocycles. The average molecular weight is 362 g/mol. The highest BCUT2D eigenvalue weighted by atomic mass is 16.6. The Morgan fingerprint density at radius 1 is 0.963 bits per heavy atom. The molecule has 0 saturated heterocycles. The summed E-state index contributed by atoms with van der Waals surface area (Å²) in [6.07, 6.45) is 3.51. The van der Waals surface area contributed by atoms with Crippen molar-refractivity contribution in [2.45, 2.75) is 0 Å². The van der Waals surface area contributed by atoms with Gasteiger partial charge in [0.05, 0.1) is 12.8 Å². The fraction of sp³-hybridized carbons (Fsp3) is 0.100. The number of anilines is 6. The Morgan fingerprint density at radius 2 is 1.70 bits per heavy atom. The van der Waals surface area contributed by atoms with Crippen LogP contribution in [0.2, 0.25) is 0 Å². The fourth-order valence-electron chi connectivity index (χ4n) is 2.61. The highest BCUT2D eigenvalue weighted by Crippen LogP contribution is 2.28. The first kappa shape index (κ1) is 18.2. The molecule has 0 unspecified atom stereocenters. The van der Waals surface area contributed by atoms with E-state index in [2.05, 4.69) is 38.0 Å². The van der Waals surface area contributed by atoms with Crippen LogP contribution in [0, 0.1) is 0 Å². The van der Waals surface area contributed by atoms with Crippen LogP contribution in [-0.4, -0.2) is 24.1 Å². The zero-order valence-electron chi connectivity index (χ0n) is 15.3. The van der Waals surface area contributed by atoms with Gasteiger partial charge in [-0.15, -0.1) is 0 Å². The fourth-order valence-corrected chi connectivity index (χ4v) is 2.61. The Morgan fingerprint density at radius 3 is 2.41 bits per heavy atom. The van der Waals surface area contributed by atoms with Crippen LogP contribution >= 0.6 is 0 Å². The van der Waals surface area contributed by atoms with Gasteiger partial charge in [-0.2, -0.15) is 4.98 Å². The van der Waals surface area contributed by atoms with Crippen molar-refractivity contribution in [1.82, 2.24) is 9.97 Å². The SMILES string of the molecule is C=Cc1c(NC)cccc1Nc1ccnc(Nc2ccc(NOC)cc2)n1. The Kier molecular flexibility index (Phi) is 5.86. The van der Waals surface area contributed by atoms with Crippen LogP contribution in [-0.2, 0) is 4.84 Å². The smallest absolute Gasteiger partial charge is 0.229 e. The summed E-state index contributed by atoms with van der Waals surface area (Å²) in [6.45, 7) is 3.90. The second kappa shape index (κ2) is 8.68. The van der Waals surface area contributed by atoms with Crippen molar-refractivity contribution < 1.29 is 4.84 Å². The topological polar surface area (TPSA) is 83.1 Å². The summed E-state index contributed by atoms with van der Waals surface area (Å²) in [5.41, 5.74) is 7.39. The summed E-state index contributed by atoms with van der Waals surface area (Å²) < 4.78 is 0. The van der Waals surface area contributed by atoms with Crippen molar-refractivity contribution >= 4 is 40.6 Å². The van der Waals surface area contributed by atoms with Gasteiger partial charge in [-0.05, 0) is 42.5 Å². The molecule has 7 heteroatoms. The number of hydrogen-bond acceptors (Lipinski definition) is 7. The van der Waals surface area contributed by atoms with Crippen LogP contribution in [0.5, 0.6) is 0 Å². The molecule has 0 radical (unpaired) electrons. The Bertz CT molecular complexity index is 911. The normalized spacial score (nSPS) is 10.1. The molecule has 3 aromatic rings. The van der Waals surface area contributed by atoms with Gasteiger partial charge in [0.15, 0.2) is 0 Å². The van der Waals surface area contributed by atoms with E-state index in [4.69, 9.17) is 4.84 Å². The molecule has 2 aromatic carbocycles. The van der Waals surface area contributed by atoms with Gasteiger partial charge >= 0.3 is 0 Å². The molecule has 0 saturated carbocycles. The third-order valence-corrected chi connectivity index (χ3v) is 3.86. The number of hydrogen-bond donors (Lipinski definition) is 4. The van der Waals surface area contributed by atoms with E-state index in [1.165, 1.54) is 0 Å². The van der Waals surface area contributed by atoms with Crippen LogP contribution in [0.1, 0.15) is 5.56 Å². The molecular formula is C20H22N6O. The number of nitrogens with zero attached hydrogens (tertiary/aromatic N) is 2. The van der Waals surface area contributed by atoms with Crippen molar-refractivity contribution in [3.63, 3.8) is 0 Å². The number of nitrogens with one attached hydrogen (secondary N) is 4. The van der Waals surface area contributed by atoms with Crippen LogP contribution in [0.15, 0.2) is 61.3 Å².